The first-order valence-electron chi connectivity index (χ1n) is 9.01. The molecule has 2 aromatic rings. The fourth-order valence-corrected chi connectivity index (χ4v) is 3.89. The SMILES string of the molecule is FC(F)(F)c1cccc(N2CCN(c3cccc4c3CCNC4)CC2)c1. The largest absolute Gasteiger partial charge is 0.416 e. The lowest BCUT2D eigenvalue weighted by atomic mass is 9.98. The summed E-state index contributed by atoms with van der Waals surface area (Å²) >= 11 is 0. The van der Waals surface area contributed by atoms with Crippen LogP contribution >= 0.6 is 0 Å². The molecule has 0 aliphatic carbocycles. The van der Waals surface area contributed by atoms with Crippen molar-refractivity contribution in [3.8, 4) is 0 Å². The molecule has 1 fully saturated rings. The van der Waals surface area contributed by atoms with Crippen LogP contribution in [-0.2, 0) is 19.1 Å². The van der Waals surface area contributed by atoms with Gasteiger partial charge < -0.3 is 15.1 Å². The fourth-order valence-electron chi connectivity index (χ4n) is 3.89. The molecule has 0 radical (unpaired) electrons. The molecule has 0 unspecified atom stereocenters. The minimum atomic E-state index is -4.30. The number of rotatable bonds is 2. The second-order valence-electron chi connectivity index (χ2n) is 6.86. The van der Waals surface area contributed by atoms with E-state index in [9.17, 15) is 13.2 Å². The Morgan fingerprint density at radius 3 is 2.38 bits per heavy atom. The van der Waals surface area contributed by atoms with Crippen molar-refractivity contribution in [2.45, 2.75) is 19.1 Å². The van der Waals surface area contributed by atoms with Gasteiger partial charge in [0.1, 0.15) is 0 Å². The average Bonchev–Trinajstić information content (AvgIpc) is 2.67. The Hall–Kier alpha value is -2.21. The maximum atomic E-state index is 12.9. The van der Waals surface area contributed by atoms with Crippen LogP contribution in [-0.4, -0.2) is 32.7 Å². The number of nitrogens with one attached hydrogen (secondary N) is 1. The molecule has 2 heterocycles. The molecule has 0 spiro atoms. The van der Waals surface area contributed by atoms with Crippen molar-refractivity contribution < 1.29 is 13.2 Å². The Morgan fingerprint density at radius 1 is 0.885 bits per heavy atom. The monoisotopic (exact) mass is 361 g/mol. The number of fused-ring (bicyclic) bond motifs is 1. The van der Waals surface area contributed by atoms with Crippen LogP contribution in [0.2, 0.25) is 0 Å². The van der Waals surface area contributed by atoms with E-state index in [0.29, 0.717) is 5.69 Å². The minimum Gasteiger partial charge on any atom is -0.368 e. The Balaban J connectivity index is 1.49. The molecule has 0 atom stereocenters. The van der Waals surface area contributed by atoms with Gasteiger partial charge in [0.05, 0.1) is 5.56 Å². The van der Waals surface area contributed by atoms with Crippen LogP contribution < -0.4 is 15.1 Å². The number of piperazine rings is 1. The molecule has 0 amide bonds. The van der Waals surface area contributed by atoms with Crippen molar-refractivity contribution in [2.75, 3.05) is 42.5 Å². The van der Waals surface area contributed by atoms with Gasteiger partial charge >= 0.3 is 6.18 Å². The molecular formula is C20H22F3N3. The van der Waals surface area contributed by atoms with E-state index in [0.717, 1.165) is 51.8 Å². The zero-order chi connectivity index (χ0) is 18.1. The van der Waals surface area contributed by atoms with E-state index in [-0.39, 0.29) is 0 Å². The van der Waals surface area contributed by atoms with E-state index < -0.39 is 11.7 Å². The molecule has 1 saturated heterocycles. The number of hydrogen-bond acceptors (Lipinski definition) is 3. The molecule has 6 heteroatoms. The number of benzene rings is 2. The zero-order valence-corrected chi connectivity index (χ0v) is 14.5. The predicted molar refractivity (Wildman–Crippen MR) is 97.7 cm³/mol. The van der Waals surface area contributed by atoms with Gasteiger partial charge in [-0.1, -0.05) is 18.2 Å². The lowest BCUT2D eigenvalue weighted by Crippen LogP contribution is -2.47. The molecule has 2 aliphatic heterocycles. The molecule has 2 aromatic carbocycles. The summed E-state index contributed by atoms with van der Waals surface area (Å²) in [5.74, 6) is 0. The van der Waals surface area contributed by atoms with E-state index in [4.69, 9.17) is 0 Å². The maximum absolute atomic E-state index is 12.9. The summed E-state index contributed by atoms with van der Waals surface area (Å²) in [6, 6.07) is 12.1. The predicted octanol–water partition coefficient (Wildman–Crippen LogP) is 3.68. The smallest absolute Gasteiger partial charge is 0.368 e. The van der Waals surface area contributed by atoms with Crippen LogP contribution in [0.3, 0.4) is 0 Å². The van der Waals surface area contributed by atoms with Crippen molar-refractivity contribution in [1.82, 2.24) is 5.32 Å². The lowest BCUT2D eigenvalue weighted by molar-refractivity contribution is -0.137. The zero-order valence-electron chi connectivity index (χ0n) is 14.5. The number of halogens is 3. The molecule has 4 rings (SSSR count). The van der Waals surface area contributed by atoms with E-state index in [1.807, 2.05) is 4.90 Å². The van der Waals surface area contributed by atoms with Gasteiger partial charge in [0.2, 0.25) is 0 Å². The van der Waals surface area contributed by atoms with Crippen LogP contribution in [0.25, 0.3) is 0 Å². The van der Waals surface area contributed by atoms with Gasteiger partial charge in [-0.05, 0) is 48.4 Å². The van der Waals surface area contributed by atoms with Gasteiger partial charge in [-0.15, -0.1) is 0 Å². The molecule has 3 nitrogen and oxygen atoms in total. The average molecular weight is 361 g/mol. The number of nitrogens with zero attached hydrogens (tertiary/aromatic N) is 2. The molecular weight excluding hydrogens is 339 g/mol. The number of alkyl halides is 3. The molecule has 0 aromatic heterocycles. The maximum Gasteiger partial charge on any atom is 0.416 e. The summed E-state index contributed by atoms with van der Waals surface area (Å²) in [7, 11) is 0. The van der Waals surface area contributed by atoms with Crippen molar-refractivity contribution in [1.29, 1.82) is 0 Å². The van der Waals surface area contributed by atoms with Crippen LogP contribution in [0, 0.1) is 0 Å². The highest BCUT2D eigenvalue weighted by molar-refractivity contribution is 5.59. The third kappa shape index (κ3) is 3.38. The van der Waals surface area contributed by atoms with Gasteiger partial charge in [0.25, 0.3) is 0 Å². The molecule has 138 valence electrons. The third-order valence-electron chi connectivity index (χ3n) is 5.27. The highest BCUT2D eigenvalue weighted by Crippen LogP contribution is 2.32. The number of hydrogen-bond donors (Lipinski definition) is 1. The lowest BCUT2D eigenvalue weighted by Gasteiger charge is -2.39. The van der Waals surface area contributed by atoms with Gasteiger partial charge in [-0.25, -0.2) is 0 Å². The summed E-state index contributed by atoms with van der Waals surface area (Å²) in [5, 5.41) is 3.40. The highest BCUT2D eigenvalue weighted by atomic mass is 19.4. The first-order chi connectivity index (χ1) is 12.5. The van der Waals surface area contributed by atoms with E-state index in [1.54, 1.807) is 6.07 Å². The summed E-state index contributed by atoms with van der Waals surface area (Å²) in [6.07, 6.45) is -3.27. The van der Waals surface area contributed by atoms with Crippen molar-refractivity contribution in [2.24, 2.45) is 0 Å². The van der Waals surface area contributed by atoms with Gasteiger partial charge in [-0.3, -0.25) is 0 Å². The summed E-state index contributed by atoms with van der Waals surface area (Å²) in [4.78, 5) is 4.41. The Kier molecular flexibility index (Phi) is 4.53. The van der Waals surface area contributed by atoms with Crippen molar-refractivity contribution in [3.05, 3.63) is 59.2 Å². The van der Waals surface area contributed by atoms with Crippen molar-refractivity contribution in [3.63, 3.8) is 0 Å². The second-order valence-corrected chi connectivity index (χ2v) is 6.86. The number of anilines is 2. The fraction of sp³-hybridized carbons (Fsp3) is 0.400. The van der Waals surface area contributed by atoms with E-state index >= 15 is 0 Å². The normalized spacial score (nSPS) is 18.0. The minimum absolute atomic E-state index is 0.581. The quantitative estimate of drug-likeness (QED) is 0.880. The molecule has 26 heavy (non-hydrogen) atoms. The Labute approximate surface area is 151 Å². The molecule has 2 aliphatic rings. The Bertz CT molecular complexity index is 780. The Morgan fingerprint density at radius 2 is 1.62 bits per heavy atom. The van der Waals surface area contributed by atoms with Gasteiger partial charge in [0.15, 0.2) is 0 Å². The first kappa shape index (κ1) is 17.2. The standard InChI is InChI=1S/C20H22F3N3/c21-20(22,23)16-4-2-5-17(13-16)25-9-11-26(12-10-25)19-6-1-3-15-14-24-8-7-18(15)19/h1-6,13,24H,7-12,14H2. The molecule has 0 saturated carbocycles. The molecule has 0 bridgehead atoms. The second kappa shape index (κ2) is 6.83. The highest BCUT2D eigenvalue weighted by Gasteiger charge is 2.31. The summed E-state index contributed by atoms with van der Waals surface area (Å²) < 4.78 is 38.8. The summed E-state index contributed by atoms with van der Waals surface area (Å²) in [5.41, 5.74) is 4.13. The van der Waals surface area contributed by atoms with Crippen LogP contribution in [0.5, 0.6) is 0 Å². The van der Waals surface area contributed by atoms with Crippen LogP contribution in [0.15, 0.2) is 42.5 Å². The third-order valence-corrected chi connectivity index (χ3v) is 5.27. The molecule has 1 N–H and O–H groups in total. The van der Waals surface area contributed by atoms with Crippen LogP contribution in [0.4, 0.5) is 24.5 Å². The topological polar surface area (TPSA) is 18.5 Å². The van der Waals surface area contributed by atoms with E-state index in [2.05, 4.69) is 28.4 Å². The van der Waals surface area contributed by atoms with Gasteiger partial charge in [-0.2, -0.15) is 13.2 Å². The van der Waals surface area contributed by atoms with Crippen LogP contribution in [0.1, 0.15) is 16.7 Å². The summed E-state index contributed by atoms with van der Waals surface area (Å²) in [6.45, 7) is 4.99. The van der Waals surface area contributed by atoms with Gasteiger partial charge in [0, 0.05) is 44.1 Å². The van der Waals surface area contributed by atoms with Crippen molar-refractivity contribution >= 4 is 11.4 Å². The first-order valence-corrected chi connectivity index (χ1v) is 9.01. The van der Waals surface area contributed by atoms with E-state index in [1.165, 1.54) is 28.9 Å².